The van der Waals surface area contributed by atoms with Crippen LogP contribution in [0.3, 0.4) is 0 Å². The van der Waals surface area contributed by atoms with Crippen LogP contribution < -0.4 is 10.1 Å². The molecule has 5 heteroatoms. The van der Waals surface area contributed by atoms with Gasteiger partial charge in [0.05, 0.1) is 24.6 Å². The Hall–Kier alpha value is -2.82. The number of fused-ring (bicyclic) bond motifs is 1. The second-order valence-corrected chi connectivity index (χ2v) is 12.0. The van der Waals surface area contributed by atoms with Gasteiger partial charge >= 0.3 is 0 Å². The van der Waals surface area contributed by atoms with Gasteiger partial charge in [0.2, 0.25) is 5.91 Å². The molecule has 42 heavy (non-hydrogen) atoms. The van der Waals surface area contributed by atoms with Gasteiger partial charge in [0.25, 0.3) is 0 Å². The Labute approximate surface area is 255 Å². The maximum atomic E-state index is 12.4. The molecule has 0 unspecified atom stereocenters. The summed E-state index contributed by atoms with van der Waals surface area (Å²) in [5.74, 6) is 2.00. The molecule has 0 aliphatic carbocycles. The molecule has 232 valence electrons. The molecule has 0 saturated carbocycles. The van der Waals surface area contributed by atoms with Gasteiger partial charge in [-0.1, -0.05) is 128 Å². The smallest absolute Gasteiger partial charge is 0.224 e. The first-order chi connectivity index (χ1) is 20.7. The summed E-state index contributed by atoms with van der Waals surface area (Å²) in [6.07, 6.45) is 24.4. The van der Waals surface area contributed by atoms with Crippen molar-refractivity contribution >= 4 is 16.9 Å². The Morgan fingerprint density at radius 1 is 0.738 bits per heavy atom. The fourth-order valence-corrected chi connectivity index (χ4v) is 5.85. The molecular formula is C37H57N3O2. The first kappa shape index (κ1) is 33.7. The Bertz CT molecular complexity index is 1120. The van der Waals surface area contributed by atoms with Gasteiger partial charge in [-0.2, -0.15) is 0 Å². The molecular weight excluding hydrogens is 518 g/mol. The summed E-state index contributed by atoms with van der Waals surface area (Å²) in [6.45, 7) is 3.98. The van der Waals surface area contributed by atoms with E-state index in [-0.39, 0.29) is 5.91 Å². The molecule has 0 aliphatic rings. The van der Waals surface area contributed by atoms with Crippen LogP contribution in [0.4, 0.5) is 0 Å². The van der Waals surface area contributed by atoms with Crippen LogP contribution in [0.15, 0.2) is 48.5 Å². The average molecular weight is 576 g/mol. The first-order valence-corrected chi connectivity index (χ1v) is 17.0. The standard InChI is InChI=1S/C37H57N3O2/c1-3-4-5-6-7-8-9-10-11-12-13-14-15-16-17-20-30-40-35-23-19-18-22-34(35)39-36(40)24-21-29-38-37(41)31-32-25-27-33(42-2)28-26-32/h18-19,22-23,25-28H,3-17,20-21,24,29-31H2,1-2H3,(H,38,41). The largest absolute Gasteiger partial charge is 0.497 e. The van der Waals surface area contributed by atoms with Crippen molar-refractivity contribution in [2.24, 2.45) is 0 Å². The summed E-state index contributed by atoms with van der Waals surface area (Å²) in [4.78, 5) is 17.3. The molecule has 5 nitrogen and oxygen atoms in total. The highest BCUT2D eigenvalue weighted by Crippen LogP contribution is 2.19. The molecule has 1 N–H and O–H groups in total. The lowest BCUT2D eigenvalue weighted by atomic mass is 10.0. The van der Waals surface area contributed by atoms with Crippen LogP contribution >= 0.6 is 0 Å². The van der Waals surface area contributed by atoms with E-state index in [1.807, 2.05) is 24.3 Å². The predicted octanol–water partition coefficient (Wildman–Crippen LogP) is 9.60. The molecule has 0 radical (unpaired) electrons. The topological polar surface area (TPSA) is 56.2 Å². The average Bonchev–Trinajstić information content (AvgIpc) is 3.36. The second kappa shape index (κ2) is 21.0. The van der Waals surface area contributed by atoms with Crippen molar-refractivity contribution in [1.29, 1.82) is 0 Å². The van der Waals surface area contributed by atoms with E-state index in [1.54, 1.807) is 7.11 Å². The molecule has 0 atom stereocenters. The van der Waals surface area contributed by atoms with Crippen LogP contribution in [-0.4, -0.2) is 29.1 Å². The van der Waals surface area contributed by atoms with Gasteiger partial charge in [-0.3, -0.25) is 4.79 Å². The van der Waals surface area contributed by atoms with Gasteiger partial charge < -0.3 is 14.6 Å². The number of imidazole rings is 1. The first-order valence-electron chi connectivity index (χ1n) is 17.0. The molecule has 0 aliphatic heterocycles. The lowest BCUT2D eigenvalue weighted by Gasteiger charge is -2.10. The zero-order valence-corrected chi connectivity index (χ0v) is 26.7. The van der Waals surface area contributed by atoms with E-state index in [9.17, 15) is 4.79 Å². The summed E-state index contributed by atoms with van der Waals surface area (Å²) in [6, 6.07) is 16.2. The highest BCUT2D eigenvalue weighted by Gasteiger charge is 2.11. The number of ether oxygens (including phenoxy) is 1. The van der Waals surface area contributed by atoms with E-state index in [4.69, 9.17) is 9.72 Å². The van der Waals surface area contributed by atoms with Crippen LogP contribution in [0.2, 0.25) is 0 Å². The van der Waals surface area contributed by atoms with Crippen molar-refractivity contribution in [3.63, 3.8) is 0 Å². The molecule has 0 fully saturated rings. The van der Waals surface area contributed by atoms with Crippen LogP contribution in [0.25, 0.3) is 11.0 Å². The fourth-order valence-electron chi connectivity index (χ4n) is 5.85. The van der Waals surface area contributed by atoms with Gasteiger partial charge in [0.1, 0.15) is 11.6 Å². The minimum absolute atomic E-state index is 0.0573. The number of aryl methyl sites for hydroxylation is 2. The van der Waals surface area contributed by atoms with Crippen molar-refractivity contribution in [1.82, 2.24) is 14.9 Å². The van der Waals surface area contributed by atoms with Gasteiger partial charge in [-0.25, -0.2) is 4.98 Å². The van der Waals surface area contributed by atoms with Gasteiger partial charge in [-0.15, -0.1) is 0 Å². The lowest BCUT2D eigenvalue weighted by molar-refractivity contribution is -0.120. The number of hydrogen-bond acceptors (Lipinski definition) is 3. The minimum Gasteiger partial charge on any atom is -0.497 e. The molecule has 3 rings (SSSR count). The number of carbonyl (C=O) groups is 1. The molecule has 3 aromatic rings. The monoisotopic (exact) mass is 575 g/mol. The van der Waals surface area contributed by atoms with E-state index < -0.39 is 0 Å². The third-order valence-electron chi connectivity index (χ3n) is 8.39. The van der Waals surface area contributed by atoms with Gasteiger partial charge in [0, 0.05) is 19.5 Å². The quantitative estimate of drug-likeness (QED) is 0.108. The predicted molar refractivity (Wildman–Crippen MR) is 177 cm³/mol. The van der Waals surface area contributed by atoms with Crippen molar-refractivity contribution in [2.45, 2.75) is 135 Å². The van der Waals surface area contributed by atoms with E-state index in [0.29, 0.717) is 13.0 Å². The van der Waals surface area contributed by atoms with Crippen molar-refractivity contribution in [2.75, 3.05) is 13.7 Å². The van der Waals surface area contributed by atoms with Crippen molar-refractivity contribution in [3.8, 4) is 5.75 Å². The van der Waals surface area contributed by atoms with Crippen molar-refractivity contribution in [3.05, 3.63) is 59.9 Å². The normalized spacial score (nSPS) is 11.3. The molecule has 0 bridgehead atoms. The number of para-hydroxylation sites is 2. The number of unbranched alkanes of at least 4 members (excludes halogenated alkanes) is 15. The number of hydrogen-bond donors (Lipinski definition) is 1. The number of benzene rings is 2. The number of aromatic nitrogens is 2. The van der Waals surface area contributed by atoms with E-state index in [2.05, 4.69) is 41.1 Å². The lowest BCUT2D eigenvalue weighted by Crippen LogP contribution is -2.26. The highest BCUT2D eigenvalue weighted by molar-refractivity contribution is 5.78. The number of carbonyl (C=O) groups excluding carboxylic acids is 1. The maximum absolute atomic E-state index is 12.4. The number of amides is 1. The molecule has 0 saturated heterocycles. The van der Waals surface area contributed by atoms with Crippen LogP contribution in [0.5, 0.6) is 5.75 Å². The van der Waals surface area contributed by atoms with Crippen molar-refractivity contribution < 1.29 is 9.53 Å². The van der Waals surface area contributed by atoms with Gasteiger partial charge in [0.15, 0.2) is 0 Å². The third kappa shape index (κ3) is 13.0. The molecule has 0 spiro atoms. The summed E-state index contributed by atoms with van der Waals surface area (Å²) < 4.78 is 7.61. The zero-order chi connectivity index (χ0) is 29.7. The van der Waals surface area contributed by atoms with Crippen LogP contribution in [0, 0.1) is 0 Å². The number of methoxy groups -OCH3 is 1. The Morgan fingerprint density at radius 3 is 1.90 bits per heavy atom. The Balaban J connectivity index is 1.26. The Kier molecular flexibility index (Phi) is 16.8. The number of rotatable bonds is 24. The zero-order valence-electron chi connectivity index (χ0n) is 26.7. The highest BCUT2D eigenvalue weighted by atomic mass is 16.5. The van der Waals surface area contributed by atoms with E-state index in [0.717, 1.165) is 42.0 Å². The third-order valence-corrected chi connectivity index (χ3v) is 8.39. The maximum Gasteiger partial charge on any atom is 0.224 e. The van der Waals surface area contributed by atoms with E-state index in [1.165, 1.54) is 108 Å². The summed E-state index contributed by atoms with van der Waals surface area (Å²) >= 11 is 0. The SMILES string of the molecule is CCCCCCCCCCCCCCCCCCn1c(CCCNC(=O)Cc2ccc(OC)cc2)nc2ccccc21. The van der Waals surface area contributed by atoms with Gasteiger partial charge in [-0.05, 0) is 42.7 Å². The molecule has 2 aromatic carbocycles. The number of nitrogens with one attached hydrogen (secondary N) is 1. The minimum atomic E-state index is 0.0573. The summed E-state index contributed by atoms with van der Waals surface area (Å²) in [5.41, 5.74) is 3.30. The van der Waals surface area contributed by atoms with Crippen LogP contribution in [-0.2, 0) is 24.2 Å². The summed E-state index contributed by atoms with van der Waals surface area (Å²) in [7, 11) is 1.65. The summed E-state index contributed by atoms with van der Waals surface area (Å²) in [5, 5.41) is 3.08. The van der Waals surface area contributed by atoms with E-state index >= 15 is 0 Å². The molecule has 1 heterocycles. The molecule has 1 amide bonds. The number of nitrogens with zero attached hydrogens (tertiary/aromatic N) is 2. The Morgan fingerprint density at radius 2 is 1.31 bits per heavy atom. The molecule has 1 aromatic heterocycles. The van der Waals surface area contributed by atoms with Crippen LogP contribution in [0.1, 0.15) is 127 Å². The fraction of sp³-hybridized carbons (Fsp3) is 0.622. The second-order valence-electron chi connectivity index (χ2n) is 12.0.